The Morgan fingerprint density at radius 1 is 1.23 bits per heavy atom. The van der Waals surface area contributed by atoms with Crippen LogP contribution in [0.3, 0.4) is 0 Å². The lowest BCUT2D eigenvalue weighted by Gasteiger charge is -2.31. The molecule has 26 heavy (non-hydrogen) atoms. The minimum atomic E-state index is -0.348. The van der Waals surface area contributed by atoms with E-state index < -0.39 is 0 Å². The maximum atomic E-state index is 13.0. The fraction of sp³-hybridized carbons (Fsp3) is 0.353. The average Bonchev–Trinajstić information content (AvgIpc) is 3.31. The maximum Gasteiger partial charge on any atom is 0.280 e. The molecule has 1 aliphatic rings. The van der Waals surface area contributed by atoms with Crippen LogP contribution in [-0.2, 0) is 0 Å². The van der Waals surface area contributed by atoms with Gasteiger partial charge in [0.15, 0.2) is 11.5 Å². The Hall–Kier alpha value is -3.10. The van der Waals surface area contributed by atoms with Gasteiger partial charge in [-0.15, -0.1) is 5.10 Å². The second-order valence-electron chi connectivity index (χ2n) is 6.26. The first-order valence-electron chi connectivity index (χ1n) is 8.37. The number of aryl methyl sites for hydroxylation is 1. The van der Waals surface area contributed by atoms with E-state index in [1.54, 1.807) is 22.7 Å². The monoisotopic (exact) mass is 356 g/mol. The lowest BCUT2D eigenvalue weighted by molar-refractivity contribution is 0.0689. The second-order valence-corrected chi connectivity index (χ2v) is 6.26. The van der Waals surface area contributed by atoms with Gasteiger partial charge in [-0.05, 0) is 44.0 Å². The highest BCUT2D eigenvalue weighted by molar-refractivity contribution is 5.94. The zero-order chi connectivity index (χ0) is 18.1. The van der Waals surface area contributed by atoms with Crippen molar-refractivity contribution in [1.29, 1.82) is 0 Å². The van der Waals surface area contributed by atoms with E-state index in [9.17, 15) is 9.18 Å². The van der Waals surface area contributed by atoms with E-state index in [-0.39, 0.29) is 17.8 Å². The lowest BCUT2D eigenvalue weighted by atomic mass is 10.0. The quantitative estimate of drug-likeness (QED) is 0.715. The van der Waals surface area contributed by atoms with Crippen LogP contribution in [0, 0.1) is 12.7 Å². The molecule has 134 valence electrons. The number of nitrogens with zero attached hydrogens (tertiary/aromatic N) is 6. The van der Waals surface area contributed by atoms with Crippen LogP contribution in [0.5, 0.6) is 0 Å². The number of halogens is 1. The van der Waals surface area contributed by atoms with Crippen LogP contribution in [-0.4, -0.2) is 49.0 Å². The summed E-state index contributed by atoms with van der Waals surface area (Å²) in [7, 11) is 0. The molecule has 1 saturated heterocycles. The smallest absolute Gasteiger partial charge is 0.280 e. The van der Waals surface area contributed by atoms with Gasteiger partial charge in [-0.3, -0.25) is 4.79 Å². The fourth-order valence-electron chi connectivity index (χ4n) is 3.06. The van der Waals surface area contributed by atoms with Gasteiger partial charge in [-0.25, -0.2) is 9.07 Å². The predicted molar refractivity (Wildman–Crippen MR) is 88.6 cm³/mol. The van der Waals surface area contributed by atoms with Crippen molar-refractivity contribution < 1.29 is 13.7 Å². The molecule has 9 heteroatoms. The van der Waals surface area contributed by atoms with Crippen LogP contribution >= 0.6 is 0 Å². The molecule has 0 N–H and O–H groups in total. The largest absolute Gasteiger partial charge is 0.338 e. The Balaban J connectivity index is 1.40. The number of piperidine rings is 1. The number of carbonyl (C=O) groups excluding carboxylic acids is 1. The number of carbonyl (C=O) groups is 1. The zero-order valence-electron chi connectivity index (χ0n) is 14.2. The van der Waals surface area contributed by atoms with Crippen LogP contribution in [0.1, 0.15) is 35.1 Å². The van der Waals surface area contributed by atoms with Crippen molar-refractivity contribution in [3.8, 4) is 11.6 Å². The van der Waals surface area contributed by atoms with Crippen LogP contribution in [0.4, 0.5) is 4.39 Å². The van der Waals surface area contributed by atoms with E-state index >= 15 is 0 Å². The highest BCUT2D eigenvalue weighted by Gasteiger charge is 2.26. The third-order valence-corrected chi connectivity index (χ3v) is 4.47. The summed E-state index contributed by atoms with van der Waals surface area (Å²) < 4.78 is 19.9. The van der Waals surface area contributed by atoms with Gasteiger partial charge in [0.25, 0.3) is 11.8 Å². The average molecular weight is 356 g/mol. The molecule has 0 saturated carbocycles. The van der Waals surface area contributed by atoms with E-state index in [0.717, 1.165) is 12.8 Å². The number of likely N-dealkylation sites (tertiary alicyclic amines) is 1. The van der Waals surface area contributed by atoms with E-state index in [0.29, 0.717) is 36.1 Å². The van der Waals surface area contributed by atoms with Crippen molar-refractivity contribution in [3.05, 3.63) is 47.7 Å². The zero-order valence-corrected chi connectivity index (χ0v) is 14.2. The van der Waals surface area contributed by atoms with Gasteiger partial charge in [0.2, 0.25) is 0 Å². The van der Waals surface area contributed by atoms with Crippen molar-refractivity contribution in [3.63, 3.8) is 0 Å². The molecule has 1 aliphatic heterocycles. The number of hydrogen-bond acceptors (Lipinski definition) is 6. The molecule has 3 aromatic rings. The molecule has 0 unspecified atom stereocenters. The van der Waals surface area contributed by atoms with Crippen molar-refractivity contribution in [2.75, 3.05) is 13.1 Å². The van der Waals surface area contributed by atoms with Gasteiger partial charge in [0.05, 0.1) is 12.2 Å². The van der Waals surface area contributed by atoms with Crippen LogP contribution in [0.15, 0.2) is 35.0 Å². The molecule has 1 fully saturated rings. The molecule has 0 atom stereocenters. The number of rotatable bonds is 3. The Labute approximate surface area is 148 Å². The van der Waals surface area contributed by atoms with Crippen LogP contribution in [0.25, 0.3) is 11.6 Å². The summed E-state index contributed by atoms with van der Waals surface area (Å²) in [5.41, 5.74) is 1.04. The van der Waals surface area contributed by atoms with Gasteiger partial charge in [0, 0.05) is 18.7 Å². The molecule has 0 bridgehead atoms. The molecule has 2 aromatic heterocycles. The van der Waals surface area contributed by atoms with Crippen molar-refractivity contribution >= 4 is 5.91 Å². The predicted octanol–water partition coefficient (Wildman–Crippen LogP) is 2.25. The summed E-state index contributed by atoms with van der Waals surface area (Å²) in [4.78, 5) is 18.4. The Morgan fingerprint density at radius 2 is 1.96 bits per heavy atom. The molecule has 8 nitrogen and oxygen atoms in total. The third kappa shape index (κ3) is 3.19. The van der Waals surface area contributed by atoms with Gasteiger partial charge >= 0.3 is 0 Å². The van der Waals surface area contributed by atoms with Crippen molar-refractivity contribution in [2.45, 2.75) is 25.8 Å². The number of amides is 1. The summed E-state index contributed by atoms with van der Waals surface area (Å²) in [6.45, 7) is 2.96. The molecule has 1 amide bonds. The van der Waals surface area contributed by atoms with Gasteiger partial charge < -0.3 is 9.42 Å². The SMILES string of the molecule is Cc1noc(-c2cn(C3CCN(C(=O)c4ccc(F)cc4)CC3)nn2)n1. The van der Waals surface area contributed by atoms with Gasteiger partial charge in [-0.2, -0.15) is 4.98 Å². The van der Waals surface area contributed by atoms with Crippen LogP contribution in [0.2, 0.25) is 0 Å². The van der Waals surface area contributed by atoms with E-state index in [4.69, 9.17) is 4.52 Å². The van der Waals surface area contributed by atoms with Gasteiger partial charge in [-0.1, -0.05) is 10.4 Å². The molecule has 1 aromatic carbocycles. The highest BCUT2D eigenvalue weighted by atomic mass is 19.1. The first-order chi connectivity index (χ1) is 12.6. The molecule has 0 spiro atoms. The summed E-state index contributed by atoms with van der Waals surface area (Å²) >= 11 is 0. The van der Waals surface area contributed by atoms with Crippen LogP contribution < -0.4 is 0 Å². The molecular formula is C17H17FN6O2. The maximum absolute atomic E-state index is 13.0. The Kier molecular flexibility index (Phi) is 4.19. The molecular weight excluding hydrogens is 339 g/mol. The fourth-order valence-corrected chi connectivity index (χ4v) is 3.06. The molecule has 3 heterocycles. The normalized spacial score (nSPS) is 15.4. The first-order valence-corrected chi connectivity index (χ1v) is 8.37. The number of hydrogen-bond donors (Lipinski definition) is 0. The number of aromatic nitrogens is 5. The summed E-state index contributed by atoms with van der Waals surface area (Å²) in [5.74, 6) is 0.461. The van der Waals surface area contributed by atoms with Crippen molar-refractivity contribution in [1.82, 2.24) is 30.0 Å². The summed E-state index contributed by atoms with van der Waals surface area (Å²) in [6, 6.07) is 5.78. The van der Waals surface area contributed by atoms with Crippen molar-refractivity contribution in [2.24, 2.45) is 0 Å². The minimum absolute atomic E-state index is 0.0796. The van der Waals surface area contributed by atoms with E-state index in [2.05, 4.69) is 20.5 Å². The summed E-state index contributed by atoms with van der Waals surface area (Å²) in [5, 5.41) is 12.0. The molecule has 0 radical (unpaired) electrons. The van der Waals surface area contributed by atoms with Gasteiger partial charge in [0.1, 0.15) is 5.82 Å². The Bertz CT molecular complexity index is 911. The number of benzene rings is 1. The lowest BCUT2D eigenvalue weighted by Crippen LogP contribution is -2.39. The molecule has 0 aliphatic carbocycles. The second kappa shape index (κ2) is 6.66. The third-order valence-electron chi connectivity index (χ3n) is 4.47. The Morgan fingerprint density at radius 3 is 2.62 bits per heavy atom. The van der Waals surface area contributed by atoms with E-state index in [1.165, 1.54) is 24.3 Å². The summed E-state index contributed by atoms with van der Waals surface area (Å²) in [6.07, 6.45) is 3.31. The molecule has 4 rings (SSSR count). The first kappa shape index (κ1) is 16.4. The highest BCUT2D eigenvalue weighted by Crippen LogP contribution is 2.24. The van der Waals surface area contributed by atoms with E-state index in [1.807, 2.05) is 0 Å². The minimum Gasteiger partial charge on any atom is -0.338 e. The standard InChI is InChI=1S/C17H17FN6O2/c1-11-19-16(26-21-11)15-10-24(22-20-15)14-6-8-23(9-7-14)17(25)12-2-4-13(18)5-3-12/h2-5,10,14H,6-9H2,1H3. The topological polar surface area (TPSA) is 89.9 Å².